The van der Waals surface area contributed by atoms with Crippen molar-refractivity contribution < 1.29 is 9.18 Å². The molecule has 0 aliphatic carbocycles. The normalized spacial score (nSPS) is 20.2. The van der Waals surface area contributed by atoms with Crippen LogP contribution in [0.1, 0.15) is 46.6 Å². The third-order valence-electron chi connectivity index (χ3n) is 6.32. The first-order chi connectivity index (χ1) is 14.0. The summed E-state index contributed by atoms with van der Waals surface area (Å²) in [4.78, 5) is 20.9. The van der Waals surface area contributed by atoms with Crippen LogP contribution < -0.4 is 0 Å². The van der Waals surface area contributed by atoms with Crippen molar-refractivity contribution in [3.05, 3.63) is 46.9 Å². The van der Waals surface area contributed by atoms with Gasteiger partial charge in [0.2, 0.25) is 0 Å². The number of likely N-dealkylation sites (tertiary alicyclic amines) is 1. The molecule has 0 spiro atoms. The van der Waals surface area contributed by atoms with Gasteiger partial charge in [-0.15, -0.1) is 10.2 Å². The summed E-state index contributed by atoms with van der Waals surface area (Å²) in [6.45, 7) is 5.32. The van der Waals surface area contributed by atoms with E-state index in [1.54, 1.807) is 6.07 Å². The number of H-pyrrole nitrogens is 1. The highest BCUT2D eigenvalue weighted by Crippen LogP contribution is 2.34. The number of halogens is 1. The van der Waals surface area contributed by atoms with Crippen LogP contribution in [0.3, 0.4) is 0 Å². The Morgan fingerprint density at radius 3 is 2.93 bits per heavy atom. The summed E-state index contributed by atoms with van der Waals surface area (Å²) in [6, 6.07) is 4.50. The molecule has 1 saturated heterocycles. The van der Waals surface area contributed by atoms with E-state index in [0.717, 1.165) is 67.0 Å². The van der Waals surface area contributed by atoms with E-state index in [0.29, 0.717) is 12.2 Å². The largest absolute Gasteiger partial charge is 0.350 e. The second-order valence-corrected chi connectivity index (χ2v) is 8.15. The maximum absolute atomic E-state index is 13.7. The standard InChI is InChI=1S/C21H25FN6O/c1-13-15-12-14(22)5-6-16(15)23-19(13)21(29)27-8-3-4-17(27)20-25-24-18-7-9-26(2)10-11-28(18)20/h5-6,12,17,23H,3-4,7-11H2,1-2H3/t17-/m1/s1. The lowest BCUT2D eigenvalue weighted by Gasteiger charge is -2.24. The van der Waals surface area contributed by atoms with Crippen LogP contribution in [0, 0.1) is 12.7 Å². The number of hydrogen-bond donors (Lipinski definition) is 1. The monoisotopic (exact) mass is 396 g/mol. The smallest absolute Gasteiger partial charge is 0.271 e. The molecular formula is C21H25FN6O. The van der Waals surface area contributed by atoms with Gasteiger partial charge in [0.1, 0.15) is 17.3 Å². The van der Waals surface area contributed by atoms with Crippen LogP contribution in [0.2, 0.25) is 0 Å². The predicted octanol–water partition coefficient (Wildman–Crippen LogP) is 2.67. The number of hydrogen-bond acceptors (Lipinski definition) is 4. The highest BCUT2D eigenvalue weighted by atomic mass is 19.1. The van der Waals surface area contributed by atoms with E-state index in [1.807, 2.05) is 11.8 Å². The Morgan fingerprint density at radius 1 is 1.21 bits per heavy atom. The molecule has 2 aliphatic heterocycles. The highest BCUT2D eigenvalue weighted by molar-refractivity contribution is 6.01. The summed E-state index contributed by atoms with van der Waals surface area (Å²) in [5.74, 6) is 1.54. The Bertz CT molecular complexity index is 1090. The van der Waals surface area contributed by atoms with Crippen molar-refractivity contribution in [2.75, 3.05) is 26.7 Å². The summed E-state index contributed by atoms with van der Waals surface area (Å²) in [6.07, 6.45) is 2.69. The number of amides is 1. The Labute approximate surface area is 168 Å². The summed E-state index contributed by atoms with van der Waals surface area (Å²) >= 11 is 0. The Morgan fingerprint density at radius 2 is 2.07 bits per heavy atom. The highest BCUT2D eigenvalue weighted by Gasteiger charge is 2.36. The van der Waals surface area contributed by atoms with Crippen molar-refractivity contribution in [3.63, 3.8) is 0 Å². The molecule has 2 aromatic heterocycles. The van der Waals surface area contributed by atoms with Crippen LogP contribution in [-0.2, 0) is 13.0 Å². The van der Waals surface area contributed by atoms with Crippen molar-refractivity contribution in [2.45, 2.75) is 38.8 Å². The summed E-state index contributed by atoms with van der Waals surface area (Å²) in [5, 5.41) is 9.67. The molecule has 7 nitrogen and oxygen atoms in total. The van der Waals surface area contributed by atoms with Gasteiger partial charge in [0, 0.05) is 43.5 Å². The van der Waals surface area contributed by atoms with E-state index >= 15 is 0 Å². The number of nitrogens with zero attached hydrogens (tertiary/aromatic N) is 5. The predicted molar refractivity (Wildman–Crippen MR) is 107 cm³/mol. The van der Waals surface area contributed by atoms with Crippen LogP contribution in [0.5, 0.6) is 0 Å². The topological polar surface area (TPSA) is 70.1 Å². The number of carbonyl (C=O) groups is 1. The third kappa shape index (κ3) is 3.02. The summed E-state index contributed by atoms with van der Waals surface area (Å²) in [5.41, 5.74) is 2.10. The van der Waals surface area contributed by atoms with Crippen molar-refractivity contribution in [1.82, 2.24) is 29.5 Å². The molecule has 1 amide bonds. The average Bonchev–Trinajstić information content (AvgIpc) is 3.39. The molecule has 1 N–H and O–H groups in total. The molecule has 3 aromatic rings. The minimum Gasteiger partial charge on any atom is -0.350 e. The van der Waals surface area contributed by atoms with Gasteiger partial charge in [0.15, 0.2) is 5.82 Å². The van der Waals surface area contributed by atoms with Gasteiger partial charge in [-0.2, -0.15) is 0 Å². The molecule has 0 saturated carbocycles. The molecule has 1 fully saturated rings. The lowest BCUT2D eigenvalue weighted by Crippen LogP contribution is -2.33. The van der Waals surface area contributed by atoms with Gasteiger partial charge in [-0.05, 0) is 50.6 Å². The number of nitrogens with one attached hydrogen (secondary N) is 1. The zero-order valence-corrected chi connectivity index (χ0v) is 16.8. The van der Waals surface area contributed by atoms with Gasteiger partial charge in [-0.1, -0.05) is 0 Å². The van der Waals surface area contributed by atoms with Gasteiger partial charge >= 0.3 is 0 Å². The van der Waals surface area contributed by atoms with E-state index in [4.69, 9.17) is 0 Å². The first kappa shape index (κ1) is 18.3. The first-order valence-electron chi connectivity index (χ1n) is 10.2. The molecule has 1 aromatic carbocycles. The number of benzene rings is 1. The quantitative estimate of drug-likeness (QED) is 0.723. The van der Waals surface area contributed by atoms with E-state index in [9.17, 15) is 9.18 Å². The fourth-order valence-electron chi connectivity index (χ4n) is 4.63. The van der Waals surface area contributed by atoms with Crippen molar-refractivity contribution in [3.8, 4) is 0 Å². The van der Waals surface area contributed by atoms with Crippen LogP contribution in [0.4, 0.5) is 4.39 Å². The molecule has 29 heavy (non-hydrogen) atoms. The Kier molecular flexibility index (Phi) is 4.38. The number of aryl methyl sites for hydroxylation is 1. The lowest BCUT2D eigenvalue weighted by molar-refractivity contribution is 0.0721. The third-order valence-corrected chi connectivity index (χ3v) is 6.32. The number of fused-ring (bicyclic) bond motifs is 2. The van der Waals surface area contributed by atoms with Crippen molar-refractivity contribution >= 4 is 16.8 Å². The van der Waals surface area contributed by atoms with E-state index in [1.165, 1.54) is 12.1 Å². The number of likely N-dealkylation sites (N-methyl/N-ethyl adjacent to an activating group) is 1. The average molecular weight is 396 g/mol. The van der Waals surface area contributed by atoms with Crippen LogP contribution in [0.25, 0.3) is 10.9 Å². The second kappa shape index (κ2) is 6.95. The maximum Gasteiger partial charge on any atom is 0.271 e. The van der Waals surface area contributed by atoms with E-state index in [2.05, 4.69) is 31.7 Å². The summed E-state index contributed by atoms with van der Waals surface area (Å²) < 4.78 is 15.9. The molecule has 0 unspecified atom stereocenters. The fraction of sp³-hybridized carbons (Fsp3) is 0.476. The minimum absolute atomic E-state index is 0.0512. The van der Waals surface area contributed by atoms with Gasteiger partial charge in [-0.25, -0.2) is 4.39 Å². The number of carbonyl (C=O) groups excluding carboxylic acids is 1. The molecular weight excluding hydrogens is 371 g/mol. The lowest BCUT2D eigenvalue weighted by atomic mass is 10.1. The van der Waals surface area contributed by atoms with Gasteiger partial charge < -0.3 is 19.4 Å². The SMILES string of the molecule is Cc1c(C(=O)N2CCC[C@@H]2c2nnc3n2CCN(C)CC3)[nH]c2ccc(F)cc12. The number of aromatic nitrogens is 4. The Balaban J connectivity index is 1.49. The second-order valence-electron chi connectivity index (χ2n) is 8.15. The summed E-state index contributed by atoms with van der Waals surface area (Å²) in [7, 11) is 2.12. The van der Waals surface area contributed by atoms with Crippen LogP contribution in [-0.4, -0.2) is 62.1 Å². The van der Waals surface area contributed by atoms with Crippen LogP contribution >= 0.6 is 0 Å². The molecule has 1 atom stereocenters. The zero-order valence-electron chi connectivity index (χ0n) is 16.8. The molecule has 0 radical (unpaired) electrons. The number of rotatable bonds is 2. The van der Waals surface area contributed by atoms with Gasteiger partial charge in [-0.3, -0.25) is 4.79 Å². The molecule has 5 rings (SSSR count). The first-order valence-corrected chi connectivity index (χ1v) is 10.2. The minimum atomic E-state index is -0.297. The fourth-order valence-corrected chi connectivity index (χ4v) is 4.63. The molecule has 0 bridgehead atoms. The van der Waals surface area contributed by atoms with Gasteiger partial charge in [0.25, 0.3) is 5.91 Å². The van der Waals surface area contributed by atoms with Crippen molar-refractivity contribution in [1.29, 1.82) is 0 Å². The zero-order chi connectivity index (χ0) is 20.1. The molecule has 2 aliphatic rings. The Hall–Kier alpha value is -2.74. The molecule has 8 heteroatoms. The van der Waals surface area contributed by atoms with E-state index < -0.39 is 0 Å². The van der Waals surface area contributed by atoms with Crippen molar-refractivity contribution in [2.24, 2.45) is 0 Å². The molecule has 4 heterocycles. The van der Waals surface area contributed by atoms with Crippen LogP contribution in [0.15, 0.2) is 18.2 Å². The molecule has 152 valence electrons. The van der Waals surface area contributed by atoms with Gasteiger partial charge in [0.05, 0.1) is 6.04 Å². The van der Waals surface area contributed by atoms with E-state index in [-0.39, 0.29) is 17.8 Å². The maximum atomic E-state index is 13.7. The number of aromatic amines is 1.